The first-order valence-corrected chi connectivity index (χ1v) is 7.71. The average Bonchev–Trinajstić information content (AvgIpc) is 2.61. The van der Waals surface area contributed by atoms with Gasteiger partial charge in [0.1, 0.15) is 10.5 Å². The number of hydrogen-bond acceptors (Lipinski definition) is 5. The van der Waals surface area contributed by atoms with Gasteiger partial charge in [0.25, 0.3) is 5.91 Å². The van der Waals surface area contributed by atoms with Crippen LogP contribution in [0.2, 0.25) is 0 Å². The summed E-state index contributed by atoms with van der Waals surface area (Å²) in [6.45, 7) is 8.68. The standard InChI is InChI=1S/C14H21N3O3S/c1-8-11(12(15)18)21-10(16-8)5-9-6-17(7-9)13(19)20-14(2,3)4/h9H,5-7H2,1-4H3,(H2,15,18). The van der Waals surface area contributed by atoms with Crippen LogP contribution >= 0.6 is 11.3 Å². The minimum atomic E-state index is -0.467. The van der Waals surface area contributed by atoms with Gasteiger partial charge in [-0.15, -0.1) is 11.3 Å². The fourth-order valence-electron chi connectivity index (χ4n) is 2.19. The molecule has 7 heteroatoms. The van der Waals surface area contributed by atoms with Crippen LogP contribution in [0.5, 0.6) is 0 Å². The molecule has 2 rings (SSSR count). The van der Waals surface area contributed by atoms with Crippen molar-refractivity contribution in [2.24, 2.45) is 11.7 Å². The van der Waals surface area contributed by atoms with E-state index in [1.54, 1.807) is 11.8 Å². The third kappa shape index (κ3) is 3.93. The largest absolute Gasteiger partial charge is 0.444 e. The molecule has 2 amide bonds. The lowest BCUT2D eigenvalue weighted by Gasteiger charge is -2.39. The molecule has 0 aliphatic carbocycles. The molecule has 1 aromatic heterocycles. The van der Waals surface area contributed by atoms with Gasteiger partial charge in [-0.05, 0) is 27.7 Å². The van der Waals surface area contributed by atoms with Crippen LogP contribution in [0.3, 0.4) is 0 Å². The van der Waals surface area contributed by atoms with Gasteiger partial charge in [-0.3, -0.25) is 4.79 Å². The lowest BCUT2D eigenvalue weighted by atomic mass is 9.97. The van der Waals surface area contributed by atoms with Gasteiger partial charge < -0.3 is 15.4 Å². The van der Waals surface area contributed by atoms with Crippen LogP contribution in [0.4, 0.5) is 4.79 Å². The maximum Gasteiger partial charge on any atom is 0.410 e. The molecule has 0 unspecified atom stereocenters. The molecule has 1 aromatic rings. The van der Waals surface area contributed by atoms with E-state index < -0.39 is 11.5 Å². The molecule has 2 N–H and O–H groups in total. The summed E-state index contributed by atoms with van der Waals surface area (Å²) >= 11 is 1.34. The number of thiazole rings is 1. The molecule has 1 saturated heterocycles. The van der Waals surface area contributed by atoms with E-state index in [0.717, 1.165) is 11.4 Å². The molecule has 0 spiro atoms. The Morgan fingerprint density at radius 1 is 1.43 bits per heavy atom. The molecule has 6 nitrogen and oxygen atoms in total. The number of carbonyl (C=O) groups is 2. The SMILES string of the molecule is Cc1nc(CC2CN(C(=O)OC(C)(C)C)C2)sc1C(N)=O. The number of amides is 2. The van der Waals surface area contributed by atoms with Crippen molar-refractivity contribution in [1.82, 2.24) is 9.88 Å². The monoisotopic (exact) mass is 311 g/mol. The number of hydrogen-bond donors (Lipinski definition) is 1. The molecular formula is C14H21N3O3S. The smallest absolute Gasteiger partial charge is 0.410 e. The summed E-state index contributed by atoms with van der Waals surface area (Å²) in [7, 11) is 0. The Morgan fingerprint density at radius 3 is 2.52 bits per heavy atom. The normalized spacial score (nSPS) is 15.7. The van der Waals surface area contributed by atoms with Crippen molar-refractivity contribution in [3.05, 3.63) is 15.6 Å². The molecule has 0 atom stereocenters. The van der Waals surface area contributed by atoms with E-state index in [0.29, 0.717) is 29.6 Å². The van der Waals surface area contributed by atoms with Crippen molar-refractivity contribution in [2.45, 2.75) is 39.7 Å². The fourth-order valence-corrected chi connectivity index (χ4v) is 3.22. The molecule has 2 heterocycles. The zero-order valence-electron chi connectivity index (χ0n) is 12.8. The van der Waals surface area contributed by atoms with Gasteiger partial charge in [0.05, 0.1) is 10.7 Å². The summed E-state index contributed by atoms with van der Waals surface area (Å²) in [5, 5.41) is 0.898. The first-order chi connectivity index (χ1) is 9.65. The van der Waals surface area contributed by atoms with Crippen molar-refractivity contribution in [1.29, 1.82) is 0 Å². The van der Waals surface area contributed by atoms with Crippen LogP contribution in [0, 0.1) is 12.8 Å². The lowest BCUT2D eigenvalue weighted by Crippen LogP contribution is -2.52. The second-order valence-corrected chi connectivity index (χ2v) is 7.43. The quantitative estimate of drug-likeness (QED) is 0.924. The highest BCUT2D eigenvalue weighted by Gasteiger charge is 2.34. The Labute approximate surface area is 128 Å². The van der Waals surface area contributed by atoms with E-state index in [9.17, 15) is 9.59 Å². The Bertz CT molecular complexity index is 556. The maximum atomic E-state index is 11.8. The van der Waals surface area contributed by atoms with Crippen molar-refractivity contribution in [3.63, 3.8) is 0 Å². The predicted octanol–water partition coefficient (Wildman–Crippen LogP) is 1.96. The molecule has 0 aromatic carbocycles. The highest BCUT2D eigenvalue weighted by atomic mass is 32.1. The Kier molecular flexibility index (Phi) is 4.22. The van der Waals surface area contributed by atoms with Crippen molar-refractivity contribution < 1.29 is 14.3 Å². The highest BCUT2D eigenvalue weighted by molar-refractivity contribution is 7.13. The second kappa shape index (κ2) is 5.63. The van der Waals surface area contributed by atoms with Crippen molar-refractivity contribution in [3.8, 4) is 0 Å². The van der Waals surface area contributed by atoms with Gasteiger partial charge in [-0.25, -0.2) is 9.78 Å². The number of likely N-dealkylation sites (tertiary alicyclic amines) is 1. The number of rotatable bonds is 3. The molecule has 0 bridgehead atoms. The minimum Gasteiger partial charge on any atom is -0.444 e. The van der Waals surface area contributed by atoms with E-state index in [1.807, 2.05) is 20.8 Å². The summed E-state index contributed by atoms with van der Waals surface area (Å²) in [4.78, 5) is 29.6. The number of nitrogens with two attached hydrogens (primary N) is 1. The van der Waals surface area contributed by atoms with Gasteiger partial charge >= 0.3 is 6.09 Å². The summed E-state index contributed by atoms with van der Waals surface area (Å²) < 4.78 is 5.31. The molecule has 1 aliphatic rings. The average molecular weight is 311 g/mol. The summed E-state index contributed by atoms with van der Waals surface area (Å²) in [6, 6.07) is 0. The topological polar surface area (TPSA) is 85.5 Å². The molecule has 1 fully saturated rings. The number of primary amides is 1. The summed E-state index contributed by atoms with van der Waals surface area (Å²) in [6.07, 6.45) is 0.491. The molecule has 1 aliphatic heterocycles. The molecule has 116 valence electrons. The molecule has 0 saturated carbocycles. The lowest BCUT2D eigenvalue weighted by molar-refractivity contribution is -0.000894. The first-order valence-electron chi connectivity index (χ1n) is 6.89. The first kappa shape index (κ1) is 15.8. The van der Waals surface area contributed by atoms with Gasteiger partial charge in [-0.2, -0.15) is 0 Å². The van der Waals surface area contributed by atoms with E-state index in [4.69, 9.17) is 10.5 Å². The summed E-state index contributed by atoms with van der Waals surface area (Å²) in [5.74, 6) is -0.0657. The molecular weight excluding hydrogens is 290 g/mol. The highest BCUT2D eigenvalue weighted by Crippen LogP contribution is 2.26. The number of carbonyl (C=O) groups excluding carboxylic acids is 2. The molecule has 0 radical (unpaired) electrons. The van der Waals surface area contributed by atoms with Crippen LogP contribution in [0.1, 0.15) is 41.1 Å². The number of aryl methyl sites for hydroxylation is 1. The van der Waals surface area contributed by atoms with Crippen LogP contribution in [-0.2, 0) is 11.2 Å². The van der Waals surface area contributed by atoms with E-state index in [2.05, 4.69) is 4.98 Å². The Balaban J connectivity index is 1.84. The number of nitrogens with zero attached hydrogens (tertiary/aromatic N) is 2. The van der Waals surface area contributed by atoms with Gasteiger partial charge in [0.15, 0.2) is 0 Å². The van der Waals surface area contributed by atoms with Crippen molar-refractivity contribution in [2.75, 3.05) is 13.1 Å². The number of ether oxygens (including phenoxy) is 1. The summed E-state index contributed by atoms with van der Waals surface area (Å²) in [5.41, 5.74) is 5.51. The van der Waals surface area contributed by atoms with Gasteiger partial charge in [0.2, 0.25) is 0 Å². The Hall–Kier alpha value is -1.63. The maximum absolute atomic E-state index is 11.8. The molecule has 21 heavy (non-hydrogen) atoms. The van der Waals surface area contributed by atoms with Crippen LogP contribution in [0.15, 0.2) is 0 Å². The van der Waals surface area contributed by atoms with Gasteiger partial charge in [0, 0.05) is 25.4 Å². The minimum absolute atomic E-state index is 0.271. The fraction of sp³-hybridized carbons (Fsp3) is 0.643. The second-order valence-electron chi connectivity index (χ2n) is 6.34. The Morgan fingerprint density at radius 2 is 2.05 bits per heavy atom. The number of aromatic nitrogens is 1. The van der Waals surface area contributed by atoms with Crippen LogP contribution in [-0.4, -0.2) is 40.6 Å². The van der Waals surface area contributed by atoms with Gasteiger partial charge in [-0.1, -0.05) is 0 Å². The third-order valence-corrected chi connectivity index (χ3v) is 4.33. The zero-order valence-corrected chi connectivity index (χ0v) is 13.6. The zero-order chi connectivity index (χ0) is 15.8. The predicted molar refractivity (Wildman–Crippen MR) is 80.4 cm³/mol. The van der Waals surface area contributed by atoms with E-state index in [1.165, 1.54) is 11.3 Å². The third-order valence-electron chi connectivity index (χ3n) is 3.14. The van der Waals surface area contributed by atoms with Crippen LogP contribution in [0.25, 0.3) is 0 Å². The van der Waals surface area contributed by atoms with Crippen molar-refractivity contribution >= 4 is 23.3 Å². The van der Waals surface area contributed by atoms with E-state index in [-0.39, 0.29) is 6.09 Å². The van der Waals surface area contributed by atoms with Crippen LogP contribution < -0.4 is 5.73 Å². The van der Waals surface area contributed by atoms with E-state index >= 15 is 0 Å².